The zero-order valence-electron chi connectivity index (χ0n) is 54.9. The Hall–Kier alpha value is -1.94. The van der Waals surface area contributed by atoms with Gasteiger partial charge in [-0.25, -0.2) is 9.13 Å². The Labute approximate surface area is 517 Å². The summed E-state index contributed by atoms with van der Waals surface area (Å²) in [6, 6.07) is 0. The largest absolute Gasteiger partial charge is 0.472 e. The highest BCUT2D eigenvalue weighted by molar-refractivity contribution is 7.47. The van der Waals surface area contributed by atoms with Gasteiger partial charge in [0, 0.05) is 25.7 Å². The third-order valence-electron chi connectivity index (χ3n) is 15.6. The van der Waals surface area contributed by atoms with Gasteiger partial charge in [0.15, 0.2) is 12.2 Å². The summed E-state index contributed by atoms with van der Waals surface area (Å²) in [6.45, 7) is 9.48. The minimum absolute atomic E-state index is 0.105. The van der Waals surface area contributed by atoms with Gasteiger partial charge >= 0.3 is 39.5 Å². The van der Waals surface area contributed by atoms with E-state index < -0.39 is 97.5 Å². The van der Waals surface area contributed by atoms with Crippen molar-refractivity contribution in [3.8, 4) is 0 Å². The van der Waals surface area contributed by atoms with Crippen LogP contribution in [0.3, 0.4) is 0 Å². The molecule has 0 saturated heterocycles. The second-order valence-corrected chi connectivity index (χ2v) is 27.5. The molecular weight excluding hydrogens is 1130 g/mol. The fourth-order valence-corrected chi connectivity index (χ4v) is 11.4. The van der Waals surface area contributed by atoms with Crippen molar-refractivity contribution >= 4 is 39.5 Å². The summed E-state index contributed by atoms with van der Waals surface area (Å²) in [6.07, 6.45) is 41.8. The van der Waals surface area contributed by atoms with Gasteiger partial charge in [-0.1, -0.05) is 279 Å². The number of hydrogen-bond donors (Lipinski definition) is 3. The molecule has 0 aliphatic carbocycles. The first kappa shape index (κ1) is 83.1. The van der Waals surface area contributed by atoms with E-state index in [1.54, 1.807) is 0 Å². The number of carbonyl (C=O) groups is 4. The van der Waals surface area contributed by atoms with Crippen molar-refractivity contribution in [1.82, 2.24) is 0 Å². The van der Waals surface area contributed by atoms with E-state index in [0.717, 1.165) is 115 Å². The third kappa shape index (κ3) is 59.5. The summed E-state index contributed by atoms with van der Waals surface area (Å²) in [7, 11) is -9.88. The Kier molecular flexibility index (Phi) is 57.1. The minimum atomic E-state index is -4.95. The predicted molar refractivity (Wildman–Crippen MR) is 340 cm³/mol. The van der Waals surface area contributed by atoms with Crippen molar-refractivity contribution in [3.05, 3.63) is 0 Å². The Morgan fingerprint density at radius 1 is 0.341 bits per heavy atom. The van der Waals surface area contributed by atoms with E-state index in [2.05, 4.69) is 41.5 Å². The number of hydrogen-bond acceptors (Lipinski definition) is 15. The topological polar surface area (TPSA) is 237 Å². The maximum Gasteiger partial charge on any atom is 0.472 e. The number of rotatable bonds is 65. The third-order valence-corrected chi connectivity index (χ3v) is 17.5. The molecule has 0 aliphatic rings. The van der Waals surface area contributed by atoms with Crippen LogP contribution >= 0.6 is 15.6 Å². The predicted octanol–water partition coefficient (Wildman–Crippen LogP) is 18.4. The molecule has 0 spiro atoms. The molecule has 0 aromatic rings. The average molecular weight is 1260 g/mol. The lowest BCUT2D eigenvalue weighted by Crippen LogP contribution is -2.30. The van der Waals surface area contributed by atoms with E-state index in [4.69, 9.17) is 37.0 Å². The van der Waals surface area contributed by atoms with Crippen LogP contribution in [0.4, 0.5) is 0 Å². The molecule has 19 heteroatoms. The van der Waals surface area contributed by atoms with E-state index in [1.807, 2.05) is 0 Å². The molecule has 17 nitrogen and oxygen atoms in total. The number of esters is 4. The van der Waals surface area contributed by atoms with Crippen molar-refractivity contribution in [3.63, 3.8) is 0 Å². The molecule has 3 unspecified atom stereocenters. The molecule has 0 fully saturated rings. The maximum absolute atomic E-state index is 13.0. The number of phosphoric acid groups is 2. The lowest BCUT2D eigenvalue weighted by molar-refractivity contribution is -0.161. The normalized spacial score (nSPS) is 14.6. The van der Waals surface area contributed by atoms with E-state index in [-0.39, 0.29) is 25.7 Å². The molecule has 0 saturated carbocycles. The molecule has 0 aromatic heterocycles. The molecule has 0 aliphatic heterocycles. The van der Waals surface area contributed by atoms with E-state index in [0.29, 0.717) is 25.7 Å². The van der Waals surface area contributed by atoms with Crippen LogP contribution in [0.2, 0.25) is 0 Å². The standard InChI is InChI=1S/C66H128O17P2/c1-7-10-12-14-16-30-36-42-48-63(68)76-54-61(82-65(70)50-44-38-31-17-15-13-11-8-2)56-80-84(72,73)78-52-60(67)53-79-85(74,75)81-57-62(55-77-64(69)49-43-37-32-27-26-28-34-40-46-58(4)5)83-66(71)51-45-39-33-25-23-21-19-18-20-22-24-29-35-41-47-59(6)9-3/h58-62,67H,7-57H2,1-6H3,(H,72,73)(H,74,75)/t59?,60-,61+,62+/m0/s1. The first-order valence-electron chi connectivity index (χ1n) is 34.5. The van der Waals surface area contributed by atoms with Crippen molar-refractivity contribution in [2.45, 2.75) is 349 Å². The van der Waals surface area contributed by atoms with Gasteiger partial charge < -0.3 is 33.8 Å². The molecule has 3 N–H and O–H groups in total. The molecule has 0 rings (SSSR count). The number of ether oxygens (including phenoxy) is 4. The van der Waals surface area contributed by atoms with Gasteiger partial charge in [0.1, 0.15) is 19.3 Å². The van der Waals surface area contributed by atoms with E-state index in [9.17, 15) is 43.2 Å². The summed E-state index contributed by atoms with van der Waals surface area (Å²) < 4.78 is 67.9. The van der Waals surface area contributed by atoms with Crippen LogP contribution in [0.5, 0.6) is 0 Å². The van der Waals surface area contributed by atoms with Gasteiger partial charge in [0.25, 0.3) is 0 Å². The lowest BCUT2D eigenvalue weighted by atomic mass is 9.99. The zero-order chi connectivity index (χ0) is 62.9. The quantitative estimate of drug-likeness (QED) is 0.0222. The molecule has 0 aromatic carbocycles. The fraction of sp³-hybridized carbons (Fsp3) is 0.939. The monoisotopic (exact) mass is 1250 g/mol. The molecule has 0 bridgehead atoms. The highest BCUT2D eigenvalue weighted by Gasteiger charge is 2.30. The van der Waals surface area contributed by atoms with Crippen molar-refractivity contribution < 1.29 is 80.2 Å². The zero-order valence-corrected chi connectivity index (χ0v) is 56.7. The number of unbranched alkanes of at least 4 members (excludes halogenated alkanes) is 34. The van der Waals surface area contributed by atoms with Gasteiger partial charge in [-0.05, 0) is 37.5 Å². The van der Waals surface area contributed by atoms with Gasteiger partial charge in [-0.2, -0.15) is 0 Å². The maximum atomic E-state index is 13.0. The smallest absolute Gasteiger partial charge is 0.462 e. The number of aliphatic hydroxyl groups is 1. The minimum Gasteiger partial charge on any atom is -0.462 e. The summed E-state index contributed by atoms with van der Waals surface area (Å²) >= 11 is 0. The molecule has 0 amide bonds. The van der Waals surface area contributed by atoms with Crippen molar-refractivity contribution in [2.24, 2.45) is 11.8 Å². The van der Waals surface area contributed by atoms with Gasteiger partial charge in [0.2, 0.25) is 0 Å². The van der Waals surface area contributed by atoms with Crippen LogP contribution in [0.15, 0.2) is 0 Å². The van der Waals surface area contributed by atoms with Crippen LogP contribution in [0.1, 0.15) is 330 Å². The van der Waals surface area contributed by atoms with Crippen LogP contribution in [-0.4, -0.2) is 96.7 Å². The van der Waals surface area contributed by atoms with Crippen molar-refractivity contribution in [1.29, 1.82) is 0 Å². The van der Waals surface area contributed by atoms with Gasteiger partial charge in [-0.15, -0.1) is 0 Å². The van der Waals surface area contributed by atoms with Crippen LogP contribution in [-0.2, 0) is 65.4 Å². The number of aliphatic hydroxyl groups excluding tert-OH is 1. The Balaban J connectivity index is 5.17. The number of phosphoric ester groups is 2. The molecule has 6 atom stereocenters. The summed E-state index contributed by atoms with van der Waals surface area (Å²) in [4.78, 5) is 72.1. The molecular formula is C66H128O17P2. The van der Waals surface area contributed by atoms with Crippen molar-refractivity contribution in [2.75, 3.05) is 39.6 Å². The first-order chi connectivity index (χ1) is 40.9. The first-order valence-corrected chi connectivity index (χ1v) is 37.5. The highest BCUT2D eigenvalue weighted by atomic mass is 31.2. The summed E-state index contributed by atoms with van der Waals surface area (Å²) in [5.41, 5.74) is 0. The van der Waals surface area contributed by atoms with Crippen LogP contribution < -0.4 is 0 Å². The van der Waals surface area contributed by atoms with Crippen LogP contribution in [0, 0.1) is 11.8 Å². The second-order valence-electron chi connectivity index (χ2n) is 24.6. The molecule has 85 heavy (non-hydrogen) atoms. The van der Waals surface area contributed by atoms with Gasteiger partial charge in [-0.3, -0.25) is 37.3 Å². The average Bonchev–Trinajstić information content (AvgIpc) is 3.47. The highest BCUT2D eigenvalue weighted by Crippen LogP contribution is 2.45. The SMILES string of the molecule is CCCCCCCCCCC(=O)OC[C@H](COP(=O)(O)OC[C@H](O)COP(=O)(O)OC[C@@H](COC(=O)CCCCCCCCCCC(C)C)OC(=O)CCCCCCCCCCCCCCCCC(C)CC)OC(=O)CCCCCCCCCC. The summed E-state index contributed by atoms with van der Waals surface area (Å²) in [5, 5.41) is 10.5. The fourth-order valence-electron chi connectivity index (χ4n) is 9.85. The molecule has 0 radical (unpaired) electrons. The van der Waals surface area contributed by atoms with Gasteiger partial charge in [0.05, 0.1) is 26.4 Å². The molecule has 504 valence electrons. The molecule has 0 heterocycles. The second kappa shape index (κ2) is 58.4. The number of carbonyl (C=O) groups excluding carboxylic acids is 4. The van der Waals surface area contributed by atoms with E-state index in [1.165, 1.54) is 135 Å². The Morgan fingerprint density at radius 3 is 0.894 bits per heavy atom. The Morgan fingerprint density at radius 2 is 0.600 bits per heavy atom. The van der Waals surface area contributed by atoms with E-state index >= 15 is 0 Å². The Bertz CT molecular complexity index is 1670. The van der Waals surface area contributed by atoms with Crippen LogP contribution in [0.25, 0.3) is 0 Å². The lowest BCUT2D eigenvalue weighted by Gasteiger charge is -2.21. The summed E-state index contributed by atoms with van der Waals surface area (Å²) in [5.74, 6) is -0.564.